The molecule has 0 saturated carbocycles. The van der Waals surface area contributed by atoms with Crippen LogP contribution in [0.3, 0.4) is 0 Å². The van der Waals surface area contributed by atoms with Gasteiger partial charge in [-0.25, -0.2) is 0 Å². The zero-order valence-corrected chi connectivity index (χ0v) is 11.2. The van der Waals surface area contributed by atoms with E-state index in [-0.39, 0.29) is 5.92 Å². The number of hydrogen-bond donors (Lipinski definition) is 2. The number of hydrogen-bond acceptors (Lipinski definition) is 5. The molecule has 0 aliphatic rings. The van der Waals surface area contributed by atoms with Crippen LogP contribution in [0.1, 0.15) is 26.7 Å². The highest BCUT2D eigenvalue weighted by Gasteiger charge is 2.27. The molecule has 0 heterocycles. The smallest absolute Gasteiger partial charge is 0.330 e. The zero-order chi connectivity index (χ0) is 12.4. The maximum absolute atomic E-state index is 12.2. The molecule has 0 bridgehead atoms. The van der Waals surface area contributed by atoms with Crippen LogP contribution in [0.25, 0.3) is 0 Å². The van der Waals surface area contributed by atoms with Crippen LogP contribution < -0.4 is 11.5 Å². The van der Waals surface area contributed by atoms with Gasteiger partial charge in [0.05, 0.1) is 19.4 Å². The SMILES string of the molecule is CCOP(=O)(CC(CN)CCCN)OCC. The van der Waals surface area contributed by atoms with Crippen molar-refractivity contribution in [1.29, 1.82) is 0 Å². The van der Waals surface area contributed by atoms with E-state index in [2.05, 4.69) is 0 Å². The Labute approximate surface area is 98.4 Å². The average Bonchev–Trinajstić information content (AvgIpc) is 2.25. The minimum atomic E-state index is -2.95. The summed E-state index contributed by atoms with van der Waals surface area (Å²) < 4.78 is 22.7. The molecule has 0 radical (unpaired) electrons. The topological polar surface area (TPSA) is 87.6 Å². The summed E-state index contributed by atoms with van der Waals surface area (Å²) in [7, 11) is -2.95. The zero-order valence-electron chi connectivity index (χ0n) is 10.4. The van der Waals surface area contributed by atoms with E-state index in [0.717, 1.165) is 12.8 Å². The Morgan fingerprint density at radius 3 is 2.12 bits per heavy atom. The first-order chi connectivity index (χ1) is 7.61. The van der Waals surface area contributed by atoms with E-state index < -0.39 is 7.60 Å². The van der Waals surface area contributed by atoms with E-state index in [9.17, 15) is 4.57 Å². The second kappa shape index (κ2) is 9.14. The molecule has 0 rings (SSSR count). The van der Waals surface area contributed by atoms with Crippen molar-refractivity contribution < 1.29 is 13.6 Å². The lowest BCUT2D eigenvalue weighted by atomic mass is 10.1. The van der Waals surface area contributed by atoms with Crippen molar-refractivity contribution >= 4 is 7.60 Å². The van der Waals surface area contributed by atoms with E-state index >= 15 is 0 Å². The maximum atomic E-state index is 12.2. The van der Waals surface area contributed by atoms with Crippen LogP contribution in [0, 0.1) is 5.92 Å². The Morgan fingerprint density at radius 1 is 1.19 bits per heavy atom. The van der Waals surface area contributed by atoms with Gasteiger partial charge in [0.25, 0.3) is 0 Å². The molecular weight excluding hydrogens is 227 g/mol. The molecule has 98 valence electrons. The molecule has 4 N–H and O–H groups in total. The van der Waals surface area contributed by atoms with Gasteiger partial charge in [-0.1, -0.05) is 0 Å². The van der Waals surface area contributed by atoms with Crippen LogP contribution in [0.2, 0.25) is 0 Å². The summed E-state index contributed by atoms with van der Waals surface area (Å²) in [6, 6.07) is 0. The van der Waals surface area contributed by atoms with Crippen LogP contribution in [0.15, 0.2) is 0 Å². The van der Waals surface area contributed by atoms with Crippen molar-refractivity contribution in [3.8, 4) is 0 Å². The Hall–Kier alpha value is 0.0700. The second-order valence-corrected chi connectivity index (χ2v) is 5.77. The van der Waals surface area contributed by atoms with Gasteiger partial charge in [0, 0.05) is 0 Å². The van der Waals surface area contributed by atoms with Crippen molar-refractivity contribution in [2.24, 2.45) is 17.4 Å². The normalized spacial score (nSPS) is 14.0. The van der Waals surface area contributed by atoms with Crippen LogP contribution in [-0.4, -0.2) is 32.5 Å². The summed E-state index contributed by atoms with van der Waals surface area (Å²) >= 11 is 0. The van der Waals surface area contributed by atoms with Gasteiger partial charge >= 0.3 is 7.60 Å². The first kappa shape index (κ1) is 16.1. The summed E-state index contributed by atoms with van der Waals surface area (Å²) in [4.78, 5) is 0. The van der Waals surface area contributed by atoms with E-state index in [0.29, 0.717) is 32.5 Å². The molecule has 1 atom stereocenters. The van der Waals surface area contributed by atoms with E-state index in [1.165, 1.54) is 0 Å². The van der Waals surface area contributed by atoms with Crippen molar-refractivity contribution in [2.45, 2.75) is 26.7 Å². The Balaban J connectivity index is 4.27. The molecule has 0 aliphatic carbocycles. The fraction of sp³-hybridized carbons (Fsp3) is 1.00. The number of rotatable bonds is 10. The molecule has 0 amide bonds. The molecule has 0 aliphatic heterocycles. The van der Waals surface area contributed by atoms with Crippen LogP contribution >= 0.6 is 7.60 Å². The maximum Gasteiger partial charge on any atom is 0.330 e. The van der Waals surface area contributed by atoms with Crippen LogP contribution in [0.5, 0.6) is 0 Å². The Morgan fingerprint density at radius 2 is 1.75 bits per heavy atom. The quantitative estimate of drug-likeness (QED) is 0.576. The lowest BCUT2D eigenvalue weighted by Crippen LogP contribution is -2.21. The third-order valence-electron chi connectivity index (χ3n) is 2.28. The summed E-state index contributed by atoms with van der Waals surface area (Å²) in [5, 5.41) is 0. The Kier molecular flexibility index (Phi) is 9.18. The van der Waals surface area contributed by atoms with Gasteiger partial charge < -0.3 is 20.5 Å². The highest BCUT2D eigenvalue weighted by molar-refractivity contribution is 7.53. The second-order valence-electron chi connectivity index (χ2n) is 3.66. The highest BCUT2D eigenvalue weighted by atomic mass is 31.2. The first-order valence-electron chi connectivity index (χ1n) is 5.90. The fourth-order valence-corrected chi connectivity index (χ4v) is 3.58. The molecule has 0 fully saturated rings. The largest absolute Gasteiger partial charge is 0.330 e. The van der Waals surface area contributed by atoms with E-state index in [1.807, 2.05) is 13.8 Å². The van der Waals surface area contributed by atoms with E-state index in [4.69, 9.17) is 20.5 Å². The van der Waals surface area contributed by atoms with Gasteiger partial charge in [-0.2, -0.15) is 0 Å². The minimum absolute atomic E-state index is 0.160. The van der Waals surface area contributed by atoms with Crippen LogP contribution in [0.4, 0.5) is 0 Å². The number of nitrogens with two attached hydrogens (primary N) is 2. The summed E-state index contributed by atoms with van der Waals surface area (Å²) in [5.74, 6) is 0.160. The average molecular weight is 252 g/mol. The lowest BCUT2D eigenvalue weighted by molar-refractivity contribution is 0.215. The molecule has 0 aromatic heterocycles. The molecule has 6 heteroatoms. The molecule has 1 unspecified atom stereocenters. The van der Waals surface area contributed by atoms with Gasteiger partial charge in [0.2, 0.25) is 0 Å². The van der Waals surface area contributed by atoms with Gasteiger partial charge in [-0.05, 0) is 45.7 Å². The summed E-state index contributed by atoms with van der Waals surface area (Å²) in [6.07, 6.45) is 2.16. The lowest BCUT2D eigenvalue weighted by Gasteiger charge is -2.22. The van der Waals surface area contributed by atoms with Crippen molar-refractivity contribution in [3.05, 3.63) is 0 Å². The summed E-state index contributed by atoms with van der Waals surface area (Å²) in [6.45, 7) is 5.52. The van der Waals surface area contributed by atoms with Gasteiger partial charge in [0.15, 0.2) is 0 Å². The van der Waals surface area contributed by atoms with Gasteiger partial charge in [0.1, 0.15) is 0 Å². The third kappa shape index (κ3) is 6.61. The van der Waals surface area contributed by atoms with Crippen LogP contribution in [-0.2, 0) is 13.6 Å². The Bertz CT molecular complexity index is 204. The third-order valence-corrected chi connectivity index (χ3v) is 4.55. The molecule has 0 spiro atoms. The fourth-order valence-electron chi connectivity index (χ4n) is 1.54. The molecular formula is C10H25N2O3P. The van der Waals surface area contributed by atoms with Gasteiger partial charge in [-0.15, -0.1) is 0 Å². The molecule has 16 heavy (non-hydrogen) atoms. The predicted molar refractivity (Wildman–Crippen MR) is 66.6 cm³/mol. The standard InChI is InChI=1S/C10H25N2O3P/c1-3-14-16(13,15-4-2)9-10(8-12)6-5-7-11/h10H,3-9,11-12H2,1-2H3. The monoisotopic (exact) mass is 252 g/mol. The van der Waals surface area contributed by atoms with Crippen molar-refractivity contribution in [2.75, 3.05) is 32.5 Å². The van der Waals surface area contributed by atoms with Crippen molar-refractivity contribution in [3.63, 3.8) is 0 Å². The van der Waals surface area contributed by atoms with E-state index in [1.54, 1.807) is 0 Å². The van der Waals surface area contributed by atoms with Crippen molar-refractivity contribution in [1.82, 2.24) is 0 Å². The molecule has 0 aromatic carbocycles. The minimum Gasteiger partial charge on any atom is -0.330 e. The molecule has 0 aromatic rings. The molecule has 0 saturated heterocycles. The predicted octanol–water partition coefficient (Wildman–Crippen LogP) is 1.57. The molecule has 5 nitrogen and oxygen atoms in total. The van der Waals surface area contributed by atoms with Gasteiger partial charge in [-0.3, -0.25) is 4.57 Å². The summed E-state index contributed by atoms with van der Waals surface area (Å²) in [5.41, 5.74) is 11.1. The first-order valence-corrected chi connectivity index (χ1v) is 7.62. The highest BCUT2D eigenvalue weighted by Crippen LogP contribution is 2.49.